The zero-order valence-electron chi connectivity index (χ0n) is 10.0. The van der Waals surface area contributed by atoms with Crippen molar-refractivity contribution in [3.8, 4) is 6.07 Å². The molecule has 1 nitrogen and oxygen atoms in total. The summed E-state index contributed by atoms with van der Waals surface area (Å²) in [5, 5.41) is 8.64. The first kappa shape index (κ1) is 11.8. The number of hydrogen-bond donors (Lipinski definition) is 0. The molecule has 0 aliphatic heterocycles. The smallest absolute Gasteiger partial charge is 0.0658 e. The van der Waals surface area contributed by atoms with Gasteiger partial charge in [0.2, 0.25) is 0 Å². The highest BCUT2D eigenvalue weighted by Gasteiger charge is 2.39. The van der Waals surface area contributed by atoms with E-state index in [1.807, 2.05) is 0 Å². The van der Waals surface area contributed by atoms with E-state index in [1.165, 1.54) is 25.7 Å². The summed E-state index contributed by atoms with van der Waals surface area (Å²) in [4.78, 5) is 0. The fourth-order valence-electron chi connectivity index (χ4n) is 2.40. The van der Waals surface area contributed by atoms with E-state index in [0.29, 0.717) is 5.92 Å². The molecule has 0 saturated heterocycles. The van der Waals surface area contributed by atoms with Crippen molar-refractivity contribution in [1.29, 1.82) is 5.26 Å². The number of nitrogens with zero attached hydrogens (tertiary/aromatic N) is 1. The van der Waals surface area contributed by atoms with Crippen molar-refractivity contribution in [1.82, 2.24) is 0 Å². The van der Waals surface area contributed by atoms with Crippen LogP contribution in [0.2, 0.25) is 26.2 Å². The molecule has 2 heteroatoms. The van der Waals surface area contributed by atoms with E-state index in [4.69, 9.17) is 5.26 Å². The van der Waals surface area contributed by atoms with Gasteiger partial charge in [-0.2, -0.15) is 5.26 Å². The molecular weight excluding hydrogens is 186 g/mol. The zero-order valence-corrected chi connectivity index (χ0v) is 11.0. The average Bonchev–Trinajstić information content (AvgIpc) is 2.60. The Balaban J connectivity index is 0.000000171. The largest absolute Gasteiger partial charge is 0.198 e. The van der Waals surface area contributed by atoms with Gasteiger partial charge in [0.15, 0.2) is 0 Å². The zero-order chi connectivity index (χ0) is 10.8. The van der Waals surface area contributed by atoms with Crippen molar-refractivity contribution in [3.63, 3.8) is 0 Å². The molecule has 2 fully saturated rings. The fraction of sp³-hybridized carbons (Fsp3) is 0.917. The van der Waals surface area contributed by atoms with Crippen molar-refractivity contribution in [2.75, 3.05) is 0 Å². The molecule has 3 atom stereocenters. The molecule has 0 amide bonds. The summed E-state index contributed by atoms with van der Waals surface area (Å²) in [6.45, 7) is 9.31. The molecular formula is C12H23NSi. The van der Waals surface area contributed by atoms with Crippen molar-refractivity contribution < 1.29 is 0 Å². The molecule has 3 unspecified atom stereocenters. The number of rotatable bonds is 0. The number of nitriles is 1. The Labute approximate surface area is 89.5 Å². The third-order valence-electron chi connectivity index (χ3n) is 2.90. The molecule has 0 radical (unpaired) electrons. The first-order valence-corrected chi connectivity index (χ1v) is 9.80. The molecule has 2 rings (SSSR count). The van der Waals surface area contributed by atoms with Crippen LogP contribution in [0.4, 0.5) is 0 Å². The van der Waals surface area contributed by atoms with Gasteiger partial charge in [-0.05, 0) is 31.1 Å². The van der Waals surface area contributed by atoms with Gasteiger partial charge in [-0.3, -0.25) is 0 Å². The highest BCUT2D eigenvalue weighted by molar-refractivity contribution is 6.74. The Morgan fingerprint density at radius 2 is 1.64 bits per heavy atom. The van der Waals surface area contributed by atoms with Crippen LogP contribution in [-0.2, 0) is 0 Å². The second-order valence-electron chi connectivity index (χ2n) is 6.41. The van der Waals surface area contributed by atoms with E-state index >= 15 is 0 Å². The quantitative estimate of drug-likeness (QED) is 0.555. The van der Waals surface area contributed by atoms with Gasteiger partial charge in [-0.1, -0.05) is 32.6 Å². The van der Waals surface area contributed by atoms with Crippen molar-refractivity contribution in [2.24, 2.45) is 17.8 Å². The molecule has 0 heterocycles. The second kappa shape index (κ2) is 4.48. The third-order valence-corrected chi connectivity index (χ3v) is 2.90. The van der Waals surface area contributed by atoms with Gasteiger partial charge in [-0.25, -0.2) is 0 Å². The molecule has 0 aromatic rings. The van der Waals surface area contributed by atoms with Crippen LogP contribution in [0, 0.1) is 29.1 Å². The van der Waals surface area contributed by atoms with Crippen molar-refractivity contribution in [3.05, 3.63) is 0 Å². The minimum atomic E-state index is -0.611. The first-order chi connectivity index (χ1) is 6.40. The van der Waals surface area contributed by atoms with Gasteiger partial charge in [-0.15, -0.1) is 0 Å². The van der Waals surface area contributed by atoms with Crippen LogP contribution in [0.15, 0.2) is 0 Å². The summed E-state index contributed by atoms with van der Waals surface area (Å²) in [5.74, 6) is 2.16. The third kappa shape index (κ3) is 3.83. The predicted octanol–water partition coefficient (Wildman–Crippen LogP) is 3.90. The maximum atomic E-state index is 8.64. The molecule has 0 aromatic heterocycles. The van der Waals surface area contributed by atoms with Crippen LogP contribution < -0.4 is 0 Å². The summed E-state index contributed by atoms with van der Waals surface area (Å²) in [6.07, 6.45) is 5.31. The fourth-order valence-corrected chi connectivity index (χ4v) is 2.40. The van der Waals surface area contributed by atoms with E-state index in [-0.39, 0.29) is 0 Å². The molecule has 80 valence electrons. The van der Waals surface area contributed by atoms with Crippen LogP contribution in [0.25, 0.3) is 0 Å². The van der Waals surface area contributed by atoms with E-state index in [9.17, 15) is 0 Å². The summed E-state index contributed by atoms with van der Waals surface area (Å²) < 4.78 is 0. The average molecular weight is 209 g/mol. The van der Waals surface area contributed by atoms with E-state index in [0.717, 1.165) is 11.8 Å². The van der Waals surface area contributed by atoms with E-state index in [1.54, 1.807) is 0 Å². The Bertz CT molecular complexity index is 217. The van der Waals surface area contributed by atoms with Crippen LogP contribution in [0.3, 0.4) is 0 Å². The summed E-state index contributed by atoms with van der Waals surface area (Å²) >= 11 is 0. The lowest BCUT2D eigenvalue weighted by molar-refractivity contribution is 0.402. The highest BCUT2D eigenvalue weighted by atomic mass is 28.3. The minimum absolute atomic E-state index is 0.434. The lowest BCUT2D eigenvalue weighted by atomic mass is 9.90. The first-order valence-electron chi connectivity index (χ1n) is 5.80. The summed E-state index contributed by atoms with van der Waals surface area (Å²) in [6, 6.07) is 2.40. The van der Waals surface area contributed by atoms with Gasteiger partial charge in [0.1, 0.15) is 0 Å². The standard InChI is InChI=1S/C8H11N.C4H12Si/c9-5-8-4-6-1-2-7(8)3-6;1-5(2,3)4/h6-8H,1-4H2;1-4H3. The molecule has 2 saturated carbocycles. The van der Waals surface area contributed by atoms with E-state index in [2.05, 4.69) is 32.3 Å². The van der Waals surface area contributed by atoms with Gasteiger partial charge >= 0.3 is 0 Å². The molecule has 2 aliphatic carbocycles. The number of fused-ring (bicyclic) bond motifs is 2. The van der Waals surface area contributed by atoms with Crippen LogP contribution in [0.1, 0.15) is 25.7 Å². The monoisotopic (exact) mass is 209 g/mol. The Kier molecular flexibility index (Phi) is 3.77. The van der Waals surface area contributed by atoms with Crippen LogP contribution in [0.5, 0.6) is 0 Å². The normalized spacial score (nSPS) is 34.6. The van der Waals surface area contributed by atoms with Crippen molar-refractivity contribution >= 4 is 8.07 Å². The Morgan fingerprint density at radius 3 is 1.86 bits per heavy atom. The van der Waals surface area contributed by atoms with Crippen molar-refractivity contribution in [2.45, 2.75) is 51.9 Å². The van der Waals surface area contributed by atoms with Crippen LogP contribution >= 0.6 is 0 Å². The second-order valence-corrected chi connectivity index (χ2v) is 12.4. The lowest BCUT2D eigenvalue weighted by Crippen LogP contribution is -2.10. The summed E-state index contributed by atoms with van der Waals surface area (Å²) in [7, 11) is -0.611. The van der Waals surface area contributed by atoms with E-state index < -0.39 is 8.07 Å². The molecule has 0 N–H and O–H groups in total. The van der Waals surface area contributed by atoms with Gasteiger partial charge in [0.25, 0.3) is 0 Å². The topological polar surface area (TPSA) is 23.8 Å². The van der Waals surface area contributed by atoms with Gasteiger partial charge in [0, 0.05) is 14.0 Å². The highest BCUT2D eigenvalue weighted by Crippen LogP contribution is 2.47. The Hall–Kier alpha value is -0.293. The molecule has 0 aromatic carbocycles. The SMILES string of the molecule is C[Si](C)(C)C.N#CC1CC2CCC1C2. The maximum Gasteiger partial charge on any atom is 0.0658 e. The van der Waals surface area contributed by atoms with Gasteiger partial charge in [0.05, 0.1) is 6.07 Å². The minimum Gasteiger partial charge on any atom is -0.198 e. The molecule has 2 bridgehead atoms. The van der Waals surface area contributed by atoms with Crippen LogP contribution in [-0.4, -0.2) is 8.07 Å². The summed E-state index contributed by atoms with van der Waals surface area (Å²) in [5.41, 5.74) is 0. The lowest BCUT2D eigenvalue weighted by Gasteiger charge is -2.12. The molecule has 0 spiro atoms. The maximum absolute atomic E-state index is 8.64. The number of hydrogen-bond acceptors (Lipinski definition) is 1. The molecule has 2 aliphatic rings. The molecule has 14 heavy (non-hydrogen) atoms. The Morgan fingerprint density at radius 1 is 1.07 bits per heavy atom. The predicted molar refractivity (Wildman–Crippen MR) is 63.8 cm³/mol. The van der Waals surface area contributed by atoms with Gasteiger partial charge < -0.3 is 0 Å².